The molecule has 0 bridgehead atoms. The van der Waals surface area contributed by atoms with Gasteiger partial charge in [-0.2, -0.15) is 0 Å². The average Bonchev–Trinajstić information content (AvgIpc) is 2.71. The third kappa shape index (κ3) is 4.94. The lowest BCUT2D eigenvalue weighted by Gasteiger charge is -2.16. The molecular weight excluding hydrogens is 378 g/mol. The zero-order valence-electron chi connectivity index (χ0n) is 14.9. The number of nitrogens with two attached hydrogens (primary N) is 1. The van der Waals surface area contributed by atoms with Gasteiger partial charge < -0.3 is 10.6 Å². The lowest BCUT2D eigenvalue weighted by Crippen LogP contribution is -2.87. The first-order valence-electron chi connectivity index (χ1n) is 8.71. The summed E-state index contributed by atoms with van der Waals surface area (Å²) in [6.45, 7) is 0.132. The maximum atomic E-state index is 12.4. The van der Waals surface area contributed by atoms with Gasteiger partial charge in [0, 0.05) is 23.3 Å². The highest BCUT2D eigenvalue weighted by molar-refractivity contribution is 6.33. The summed E-state index contributed by atoms with van der Waals surface area (Å²) in [6.07, 6.45) is 0. The van der Waals surface area contributed by atoms with Crippen LogP contribution in [0.1, 0.15) is 17.2 Å². The van der Waals surface area contributed by atoms with Crippen molar-refractivity contribution in [2.75, 3.05) is 11.9 Å². The topological polar surface area (TPSA) is 88.8 Å². The summed E-state index contributed by atoms with van der Waals surface area (Å²) in [6, 6.07) is 23.7. The molecule has 28 heavy (non-hydrogen) atoms. The highest BCUT2D eigenvalue weighted by Crippen LogP contribution is 2.26. The van der Waals surface area contributed by atoms with Crippen LogP contribution in [0.5, 0.6) is 0 Å². The zero-order chi connectivity index (χ0) is 19.9. The number of non-ortho nitro benzene ring substituents is 1. The minimum atomic E-state index is -0.529. The molecule has 142 valence electrons. The van der Waals surface area contributed by atoms with Crippen LogP contribution in [-0.4, -0.2) is 17.4 Å². The Balaban J connectivity index is 1.73. The molecule has 0 fully saturated rings. The standard InChI is InChI=1S/C21H18ClN3O3/c22-18-12-11-17(25(27)28)13-19(18)24-20(26)14-23-21(15-7-3-1-4-8-15)16-9-5-2-6-10-16/h1-13,21,23H,14H2,(H,24,26)/p+1. The second-order valence-electron chi connectivity index (χ2n) is 6.21. The molecule has 3 aromatic rings. The van der Waals surface area contributed by atoms with Crippen LogP contribution in [0.15, 0.2) is 78.9 Å². The molecule has 0 aliphatic carbocycles. The van der Waals surface area contributed by atoms with Gasteiger partial charge in [-0.15, -0.1) is 0 Å². The summed E-state index contributed by atoms with van der Waals surface area (Å²) in [5.74, 6) is -0.292. The van der Waals surface area contributed by atoms with E-state index in [2.05, 4.69) is 5.32 Å². The molecule has 7 heteroatoms. The van der Waals surface area contributed by atoms with Crippen molar-refractivity contribution in [1.82, 2.24) is 0 Å². The van der Waals surface area contributed by atoms with Crippen molar-refractivity contribution in [3.05, 3.63) is 105 Å². The fourth-order valence-corrected chi connectivity index (χ4v) is 3.10. The number of nitrogens with one attached hydrogen (secondary N) is 1. The Morgan fingerprint density at radius 3 is 2.11 bits per heavy atom. The van der Waals surface area contributed by atoms with Crippen LogP contribution in [0.25, 0.3) is 0 Å². The highest BCUT2D eigenvalue weighted by Gasteiger charge is 2.19. The number of nitro benzene ring substituents is 1. The van der Waals surface area contributed by atoms with E-state index in [1.54, 1.807) is 0 Å². The Kier molecular flexibility index (Phi) is 6.37. The Hall–Kier alpha value is -3.22. The van der Waals surface area contributed by atoms with Gasteiger partial charge in [-0.1, -0.05) is 72.3 Å². The number of quaternary nitrogens is 1. The molecule has 0 aliphatic rings. The fourth-order valence-electron chi connectivity index (χ4n) is 2.93. The summed E-state index contributed by atoms with van der Waals surface area (Å²) in [7, 11) is 0. The average molecular weight is 397 g/mol. The number of halogens is 1. The van der Waals surface area contributed by atoms with Gasteiger partial charge in [-0.3, -0.25) is 14.9 Å². The largest absolute Gasteiger partial charge is 0.328 e. The van der Waals surface area contributed by atoms with E-state index >= 15 is 0 Å². The summed E-state index contributed by atoms with van der Waals surface area (Å²) in [5.41, 5.74) is 2.25. The number of carbonyl (C=O) groups excluding carboxylic acids is 1. The molecule has 3 rings (SSSR count). The molecule has 6 nitrogen and oxygen atoms in total. The molecule has 0 saturated heterocycles. The normalized spacial score (nSPS) is 10.6. The van der Waals surface area contributed by atoms with E-state index in [0.717, 1.165) is 11.1 Å². The maximum absolute atomic E-state index is 12.4. The number of nitrogens with zero attached hydrogens (tertiary/aromatic N) is 1. The van der Waals surface area contributed by atoms with Crippen molar-refractivity contribution in [3.8, 4) is 0 Å². The van der Waals surface area contributed by atoms with Crippen molar-refractivity contribution in [1.29, 1.82) is 0 Å². The van der Waals surface area contributed by atoms with E-state index < -0.39 is 4.92 Å². The number of amides is 1. The minimum Gasteiger partial charge on any atom is -0.328 e. The molecule has 0 aliphatic heterocycles. The molecular formula is C21H19ClN3O3+. The third-order valence-electron chi connectivity index (χ3n) is 4.29. The fraction of sp³-hybridized carbons (Fsp3) is 0.0952. The second-order valence-corrected chi connectivity index (χ2v) is 6.62. The molecule has 3 N–H and O–H groups in total. The Bertz CT molecular complexity index is 926. The van der Waals surface area contributed by atoms with Gasteiger partial charge in [0.05, 0.1) is 15.6 Å². The Labute approximate surface area is 167 Å². The molecule has 0 radical (unpaired) electrons. The molecule has 0 spiro atoms. The monoisotopic (exact) mass is 396 g/mol. The van der Waals surface area contributed by atoms with Gasteiger partial charge in [0.15, 0.2) is 6.54 Å². The van der Waals surface area contributed by atoms with Crippen LogP contribution in [0.4, 0.5) is 11.4 Å². The maximum Gasteiger partial charge on any atom is 0.279 e. The summed E-state index contributed by atoms with van der Waals surface area (Å²) >= 11 is 6.05. The lowest BCUT2D eigenvalue weighted by molar-refractivity contribution is -0.676. The number of carbonyl (C=O) groups is 1. The van der Waals surface area contributed by atoms with Crippen LogP contribution in [-0.2, 0) is 4.79 Å². The number of hydrogen-bond donors (Lipinski definition) is 2. The molecule has 0 saturated carbocycles. The van der Waals surface area contributed by atoms with E-state index in [1.165, 1.54) is 18.2 Å². The summed E-state index contributed by atoms with van der Waals surface area (Å²) < 4.78 is 0. The van der Waals surface area contributed by atoms with Crippen LogP contribution in [0.2, 0.25) is 5.02 Å². The second kappa shape index (κ2) is 9.12. The molecule has 0 aromatic heterocycles. The number of rotatable bonds is 7. The van der Waals surface area contributed by atoms with Crippen molar-refractivity contribution in [2.24, 2.45) is 0 Å². The van der Waals surface area contributed by atoms with Crippen LogP contribution < -0.4 is 10.6 Å². The van der Waals surface area contributed by atoms with Crippen LogP contribution in [0, 0.1) is 10.1 Å². The Morgan fingerprint density at radius 1 is 1.00 bits per heavy atom. The predicted molar refractivity (Wildman–Crippen MR) is 108 cm³/mol. The van der Waals surface area contributed by atoms with Gasteiger partial charge in [-0.25, -0.2) is 0 Å². The van der Waals surface area contributed by atoms with E-state index in [1.807, 2.05) is 66.0 Å². The SMILES string of the molecule is O=C(C[NH2+]C(c1ccccc1)c1ccccc1)Nc1cc([N+](=O)[O-])ccc1Cl. The first-order valence-corrected chi connectivity index (χ1v) is 9.09. The minimum absolute atomic E-state index is 0.0475. The summed E-state index contributed by atoms with van der Waals surface area (Å²) in [5, 5.41) is 15.8. The summed E-state index contributed by atoms with van der Waals surface area (Å²) in [4.78, 5) is 22.8. The number of benzene rings is 3. The van der Waals surface area contributed by atoms with E-state index in [-0.39, 0.29) is 34.9 Å². The lowest BCUT2D eigenvalue weighted by atomic mass is 9.99. The molecule has 0 atom stereocenters. The third-order valence-corrected chi connectivity index (χ3v) is 4.62. The van der Waals surface area contributed by atoms with E-state index in [0.29, 0.717) is 0 Å². The molecule has 1 amide bonds. The quantitative estimate of drug-likeness (QED) is 0.473. The van der Waals surface area contributed by atoms with Crippen molar-refractivity contribution in [2.45, 2.75) is 6.04 Å². The van der Waals surface area contributed by atoms with Gasteiger partial charge in [0.2, 0.25) is 0 Å². The number of anilines is 1. The highest BCUT2D eigenvalue weighted by atomic mass is 35.5. The number of nitro groups is 1. The van der Waals surface area contributed by atoms with Crippen LogP contribution >= 0.6 is 11.6 Å². The molecule has 0 heterocycles. The smallest absolute Gasteiger partial charge is 0.279 e. The predicted octanol–water partition coefficient (Wildman–Crippen LogP) is 3.54. The van der Waals surface area contributed by atoms with Gasteiger partial charge in [0.25, 0.3) is 11.6 Å². The zero-order valence-corrected chi connectivity index (χ0v) is 15.7. The van der Waals surface area contributed by atoms with Gasteiger partial charge in [-0.05, 0) is 6.07 Å². The first kappa shape index (κ1) is 19.5. The van der Waals surface area contributed by atoms with Gasteiger partial charge in [0.1, 0.15) is 6.04 Å². The van der Waals surface area contributed by atoms with Crippen molar-refractivity contribution in [3.63, 3.8) is 0 Å². The first-order chi connectivity index (χ1) is 13.5. The molecule has 3 aromatic carbocycles. The van der Waals surface area contributed by atoms with Crippen LogP contribution in [0.3, 0.4) is 0 Å². The van der Waals surface area contributed by atoms with Crippen molar-refractivity contribution < 1.29 is 15.0 Å². The van der Waals surface area contributed by atoms with E-state index in [9.17, 15) is 14.9 Å². The molecule has 0 unspecified atom stereocenters. The van der Waals surface area contributed by atoms with Crippen molar-refractivity contribution >= 4 is 28.9 Å². The van der Waals surface area contributed by atoms with Gasteiger partial charge >= 0.3 is 0 Å². The number of hydrogen-bond acceptors (Lipinski definition) is 3. The Morgan fingerprint density at radius 2 is 1.57 bits per heavy atom. The van der Waals surface area contributed by atoms with E-state index in [4.69, 9.17) is 11.6 Å².